The first kappa shape index (κ1) is 28.3. The summed E-state index contributed by atoms with van der Waals surface area (Å²) in [6.45, 7) is 4.23. The van der Waals surface area contributed by atoms with Crippen LogP contribution in [0.5, 0.6) is 0 Å². The van der Waals surface area contributed by atoms with Gasteiger partial charge in [-0.25, -0.2) is 0 Å². The van der Waals surface area contributed by atoms with Gasteiger partial charge in [-0.2, -0.15) is 0 Å². The van der Waals surface area contributed by atoms with Crippen LogP contribution in [0.1, 0.15) is 48.4 Å². The maximum absolute atomic E-state index is 14.3. The lowest BCUT2D eigenvalue weighted by Gasteiger charge is -2.33. The van der Waals surface area contributed by atoms with Crippen LogP contribution in [0.2, 0.25) is 0 Å². The first-order valence-corrected chi connectivity index (χ1v) is 14.2. The van der Waals surface area contributed by atoms with E-state index in [0.717, 1.165) is 26.7 Å². The van der Waals surface area contributed by atoms with Gasteiger partial charge in [0.2, 0.25) is 11.8 Å². The number of nitrogens with zero attached hydrogens (tertiary/aromatic N) is 1. The molecule has 4 aromatic rings. The molecular weight excluding hydrogens is 548 g/mol. The zero-order valence-corrected chi connectivity index (χ0v) is 24.1. The van der Waals surface area contributed by atoms with Gasteiger partial charge < -0.3 is 10.2 Å². The number of halogens is 1. The summed E-state index contributed by atoms with van der Waals surface area (Å²) >= 11 is 3.50. The molecule has 0 fully saturated rings. The average molecular weight is 584 g/mol. The van der Waals surface area contributed by atoms with Gasteiger partial charge in [0.15, 0.2) is 0 Å². The molecule has 0 saturated heterocycles. The molecule has 5 heteroatoms. The fraction of sp³-hybridized carbons (Fsp3) is 0.235. The largest absolute Gasteiger partial charge is 0.352 e. The Morgan fingerprint density at radius 1 is 0.718 bits per heavy atom. The number of hydrogen-bond donors (Lipinski definition) is 1. The number of nitrogens with one attached hydrogen (secondary N) is 1. The van der Waals surface area contributed by atoms with E-state index in [4.69, 9.17) is 0 Å². The van der Waals surface area contributed by atoms with Crippen molar-refractivity contribution < 1.29 is 9.59 Å². The quantitative estimate of drug-likeness (QED) is 0.204. The van der Waals surface area contributed by atoms with E-state index >= 15 is 0 Å². The van der Waals surface area contributed by atoms with E-state index in [0.29, 0.717) is 13.0 Å². The number of rotatable bonds is 11. The van der Waals surface area contributed by atoms with E-state index in [1.807, 2.05) is 105 Å². The third-order valence-electron chi connectivity index (χ3n) is 6.75. The normalized spacial score (nSPS) is 11.8. The van der Waals surface area contributed by atoms with Crippen LogP contribution in [-0.2, 0) is 22.6 Å². The van der Waals surface area contributed by atoms with E-state index < -0.39 is 6.04 Å². The zero-order valence-electron chi connectivity index (χ0n) is 22.5. The van der Waals surface area contributed by atoms with Gasteiger partial charge in [0.05, 0.1) is 0 Å². The third kappa shape index (κ3) is 8.14. The molecule has 39 heavy (non-hydrogen) atoms. The van der Waals surface area contributed by atoms with Crippen LogP contribution in [0.15, 0.2) is 120 Å². The Kier molecular flexibility index (Phi) is 10.1. The van der Waals surface area contributed by atoms with Crippen molar-refractivity contribution in [1.82, 2.24) is 10.2 Å². The van der Waals surface area contributed by atoms with Gasteiger partial charge >= 0.3 is 0 Å². The summed E-state index contributed by atoms with van der Waals surface area (Å²) in [7, 11) is 0. The minimum atomic E-state index is -0.654. The number of carbonyl (C=O) groups is 2. The molecule has 0 heterocycles. The van der Waals surface area contributed by atoms with E-state index in [9.17, 15) is 9.59 Å². The number of benzene rings is 4. The number of amides is 2. The van der Waals surface area contributed by atoms with Gasteiger partial charge in [-0.15, -0.1) is 0 Å². The van der Waals surface area contributed by atoms with Gasteiger partial charge in [0.1, 0.15) is 6.04 Å². The molecule has 4 rings (SSSR count). The summed E-state index contributed by atoms with van der Waals surface area (Å²) in [5.41, 5.74) is 4.13. The fourth-order valence-corrected chi connectivity index (χ4v) is 5.08. The van der Waals surface area contributed by atoms with Crippen molar-refractivity contribution in [1.29, 1.82) is 0 Å². The van der Waals surface area contributed by atoms with Gasteiger partial charge in [0, 0.05) is 35.8 Å². The van der Waals surface area contributed by atoms with Crippen LogP contribution in [0.3, 0.4) is 0 Å². The van der Waals surface area contributed by atoms with E-state index in [-0.39, 0.29) is 30.2 Å². The van der Waals surface area contributed by atoms with Crippen molar-refractivity contribution in [3.63, 3.8) is 0 Å². The van der Waals surface area contributed by atoms with Crippen LogP contribution in [0.4, 0.5) is 0 Å². The lowest BCUT2D eigenvalue weighted by molar-refractivity contribution is -0.141. The minimum Gasteiger partial charge on any atom is -0.352 e. The minimum absolute atomic E-state index is 0.0400. The summed E-state index contributed by atoms with van der Waals surface area (Å²) in [6.07, 6.45) is 0.688. The molecule has 4 aromatic carbocycles. The highest BCUT2D eigenvalue weighted by Crippen LogP contribution is 2.30. The molecule has 0 spiro atoms. The molecule has 200 valence electrons. The molecule has 1 unspecified atom stereocenters. The van der Waals surface area contributed by atoms with Crippen molar-refractivity contribution in [2.75, 3.05) is 0 Å². The highest BCUT2D eigenvalue weighted by molar-refractivity contribution is 9.10. The Hall–Kier alpha value is -3.70. The second-order valence-corrected chi connectivity index (χ2v) is 11.0. The summed E-state index contributed by atoms with van der Waals surface area (Å²) in [6, 6.07) is 37.4. The molecule has 0 bridgehead atoms. The van der Waals surface area contributed by atoms with Crippen LogP contribution in [0.25, 0.3) is 0 Å². The van der Waals surface area contributed by atoms with Crippen molar-refractivity contribution in [2.24, 2.45) is 0 Å². The summed E-state index contributed by atoms with van der Waals surface area (Å²) < 4.78 is 0.968. The zero-order chi connectivity index (χ0) is 27.6. The van der Waals surface area contributed by atoms with E-state index in [1.165, 1.54) is 0 Å². The Morgan fingerprint density at radius 3 is 1.74 bits per heavy atom. The Morgan fingerprint density at radius 2 is 1.23 bits per heavy atom. The van der Waals surface area contributed by atoms with Crippen molar-refractivity contribution in [3.05, 3.63) is 142 Å². The maximum atomic E-state index is 14.3. The molecule has 0 saturated carbocycles. The van der Waals surface area contributed by atoms with Gasteiger partial charge in [-0.05, 0) is 48.2 Å². The molecule has 0 aromatic heterocycles. The molecule has 1 N–H and O–H groups in total. The Labute approximate surface area is 240 Å². The van der Waals surface area contributed by atoms with Gasteiger partial charge in [-0.1, -0.05) is 119 Å². The van der Waals surface area contributed by atoms with Crippen molar-refractivity contribution in [3.8, 4) is 0 Å². The maximum Gasteiger partial charge on any atom is 0.243 e. The Bertz CT molecular complexity index is 1290. The molecule has 0 aliphatic carbocycles. The second kappa shape index (κ2) is 13.9. The molecule has 2 amide bonds. The van der Waals surface area contributed by atoms with Crippen LogP contribution < -0.4 is 5.32 Å². The predicted octanol–water partition coefficient (Wildman–Crippen LogP) is 7.14. The SMILES string of the molecule is CC(C)NC(=O)C(Cc1ccccc1)N(Cc1ccc(Br)cc1)C(=O)CC(c1ccccc1)c1ccccc1. The lowest BCUT2D eigenvalue weighted by atomic mass is 9.87. The summed E-state index contributed by atoms with van der Waals surface area (Å²) in [4.78, 5) is 29.8. The smallest absolute Gasteiger partial charge is 0.243 e. The van der Waals surface area contributed by atoms with Crippen molar-refractivity contribution >= 4 is 27.7 Å². The molecule has 1 atom stereocenters. The van der Waals surface area contributed by atoms with Gasteiger partial charge in [-0.3, -0.25) is 9.59 Å². The highest BCUT2D eigenvalue weighted by Gasteiger charge is 2.32. The highest BCUT2D eigenvalue weighted by atomic mass is 79.9. The average Bonchev–Trinajstić information content (AvgIpc) is 2.95. The second-order valence-electron chi connectivity index (χ2n) is 10.1. The standard InChI is InChI=1S/C34H35BrN2O2/c1-25(2)36-34(39)32(22-26-12-6-3-7-13-26)37(24-27-18-20-30(35)21-19-27)33(38)23-31(28-14-8-4-9-15-28)29-16-10-5-11-17-29/h3-21,25,31-32H,22-24H2,1-2H3,(H,36,39). The third-order valence-corrected chi connectivity index (χ3v) is 7.28. The van der Waals surface area contributed by atoms with Gasteiger partial charge in [0.25, 0.3) is 0 Å². The first-order valence-electron chi connectivity index (χ1n) is 13.4. The van der Waals surface area contributed by atoms with Crippen LogP contribution in [-0.4, -0.2) is 28.8 Å². The molecule has 4 nitrogen and oxygen atoms in total. The molecular formula is C34H35BrN2O2. The molecule has 0 aliphatic heterocycles. The Balaban J connectivity index is 1.73. The predicted molar refractivity (Wildman–Crippen MR) is 161 cm³/mol. The topological polar surface area (TPSA) is 49.4 Å². The fourth-order valence-electron chi connectivity index (χ4n) is 4.81. The summed E-state index contributed by atoms with van der Waals surface area (Å²) in [5.74, 6) is -0.330. The van der Waals surface area contributed by atoms with E-state index in [1.54, 1.807) is 4.90 Å². The summed E-state index contributed by atoms with van der Waals surface area (Å²) in [5, 5.41) is 3.07. The first-order chi connectivity index (χ1) is 18.9. The van der Waals surface area contributed by atoms with Crippen LogP contribution >= 0.6 is 15.9 Å². The molecule has 0 radical (unpaired) electrons. The van der Waals surface area contributed by atoms with Crippen molar-refractivity contribution in [2.45, 2.75) is 51.2 Å². The number of carbonyl (C=O) groups excluding carboxylic acids is 2. The monoisotopic (exact) mass is 582 g/mol. The molecule has 0 aliphatic rings. The van der Waals surface area contributed by atoms with Crippen LogP contribution in [0, 0.1) is 0 Å². The number of hydrogen-bond acceptors (Lipinski definition) is 2. The lowest BCUT2D eigenvalue weighted by Crippen LogP contribution is -2.52. The van der Waals surface area contributed by atoms with E-state index in [2.05, 4.69) is 45.5 Å².